The lowest BCUT2D eigenvalue weighted by Crippen LogP contribution is -2.37. The second kappa shape index (κ2) is 4.27. The van der Waals surface area contributed by atoms with Gasteiger partial charge in [0.2, 0.25) is 0 Å². The summed E-state index contributed by atoms with van der Waals surface area (Å²) in [7, 11) is 0. The Bertz CT molecular complexity index is 137. The number of hydrogen-bond donors (Lipinski definition) is 4. The van der Waals surface area contributed by atoms with Gasteiger partial charge in [-0.3, -0.25) is 4.79 Å². The number of carboxylic acid groups (broad SMARTS) is 1. The summed E-state index contributed by atoms with van der Waals surface area (Å²) in [6, 6.07) is -1.11. The van der Waals surface area contributed by atoms with Crippen molar-refractivity contribution in [3.63, 3.8) is 0 Å². The lowest BCUT2D eigenvalue weighted by molar-refractivity contribution is -0.139. The van der Waals surface area contributed by atoms with Crippen LogP contribution in [0.5, 0.6) is 0 Å². The highest BCUT2D eigenvalue weighted by Crippen LogP contribution is 2.00. The van der Waals surface area contributed by atoms with Crippen LogP contribution in [0.25, 0.3) is 0 Å². The van der Waals surface area contributed by atoms with Crippen molar-refractivity contribution in [1.82, 2.24) is 0 Å². The van der Waals surface area contributed by atoms with E-state index >= 15 is 0 Å². The van der Waals surface area contributed by atoms with Crippen molar-refractivity contribution >= 4 is 5.97 Å². The first-order chi connectivity index (χ1) is 4.95. The van der Waals surface area contributed by atoms with E-state index in [-0.39, 0.29) is 6.42 Å². The zero-order valence-electron chi connectivity index (χ0n) is 6.27. The number of carbonyl (C=O) groups is 1. The molecule has 0 aliphatic carbocycles. The molecule has 11 heavy (non-hydrogen) atoms. The molecular weight excluding hydrogens is 150 g/mol. The van der Waals surface area contributed by atoms with Gasteiger partial charge in [0, 0.05) is 6.42 Å². The topological polar surface area (TPSA) is 104 Å². The summed E-state index contributed by atoms with van der Waals surface area (Å²) in [4.78, 5) is 10.1. The van der Waals surface area contributed by atoms with Gasteiger partial charge in [0.25, 0.3) is 0 Å². The van der Waals surface area contributed by atoms with Gasteiger partial charge in [-0.25, -0.2) is 0 Å². The zero-order valence-corrected chi connectivity index (χ0v) is 6.27. The maximum atomic E-state index is 10.1. The van der Waals surface area contributed by atoms with E-state index in [1.807, 2.05) is 0 Å². The summed E-state index contributed by atoms with van der Waals surface area (Å²) in [6.45, 7) is 1.37. The minimum absolute atomic E-state index is 0.132. The van der Waals surface area contributed by atoms with E-state index in [1.165, 1.54) is 6.92 Å². The van der Waals surface area contributed by atoms with E-state index < -0.39 is 24.2 Å². The first-order valence-electron chi connectivity index (χ1n) is 3.29. The van der Waals surface area contributed by atoms with Crippen LogP contribution in [-0.2, 0) is 4.79 Å². The van der Waals surface area contributed by atoms with Gasteiger partial charge in [-0.05, 0) is 6.92 Å². The minimum atomic E-state index is -1.18. The fourth-order valence-corrected chi connectivity index (χ4v) is 0.558. The maximum Gasteiger partial charge on any atom is 0.320 e. The number of hydrogen-bond acceptors (Lipinski definition) is 4. The molecule has 0 bridgehead atoms. The number of rotatable bonds is 4. The molecule has 0 rings (SSSR count). The van der Waals surface area contributed by atoms with Crippen LogP contribution in [0.15, 0.2) is 0 Å². The van der Waals surface area contributed by atoms with Crippen molar-refractivity contribution in [2.24, 2.45) is 5.73 Å². The lowest BCUT2D eigenvalue weighted by Gasteiger charge is -2.15. The van der Waals surface area contributed by atoms with Crippen molar-refractivity contribution in [3.05, 3.63) is 0 Å². The first kappa shape index (κ1) is 10.3. The van der Waals surface area contributed by atoms with Crippen molar-refractivity contribution in [2.45, 2.75) is 31.6 Å². The minimum Gasteiger partial charge on any atom is -0.480 e. The Hall–Kier alpha value is -0.650. The van der Waals surface area contributed by atoms with Crippen LogP contribution in [0.1, 0.15) is 13.3 Å². The third-order valence-corrected chi connectivity index (χ3v) is 1.37. The molecule has 0 saturated heterocycles. The number of aliphatic hydroxyl groups excluding tert-OH is 2. The van der Waals surface area contributed by atoms with Gasteiger partial charge < -0.3 is 21.1 Å². The maximum absolute atomic E-state index is 10.1. The summed E-state index contributed by atoms with van der Waals surface area (Å²) < 4.78 is 0. The van der Waals surface area contributed by atoms with E-state index in [4.69, 9.17) is 21.1 Å². The van der Waals surface area contributed by atoms with Crippen LogP contribution in [0, 0.1) is 0 Å². The van der Waals surface area contributed by atoms with E-state index in [0.29, 0.717) is 0 Å². The Morgan fingerprint density at radius 2 is 2.00 bits per heavy atom. The Kier molecular flexibility index (Phi) is 4.02. The van der Waals surface area contributed by atoms with E-state index in [9.17, 15) is 4.79 Å². The molecule has 0 unspecified atom stereocenters. The number of nitrogens with two attached hydrogens (primary N) is 1. The first-order valence-corrected chi connectivity index (χ1v) is 3.29. The molecule has 0 aliphatic heterocycles. The summed E-state index contributed by atoms with van der Waals surface area (Å²) in [6.07, 6.45) is -2.14. The van der Waals surface area contributed by atoms with Crippen molar-refractivity contribution < 1.29 is 20.1 Å². The van der Waals surface area contributed by atoms with E-state index in [2.05, 4.69) is 0 Å². The largest absolute Gasteiger partial charge is 0.480 e. The van der Waals surface area contributed by atoms with Gasteiger partial charge in [-0.15, -0.1) is 0 Å². The fourth-order valence-electron chi connectivity index (χ4n) is 0.558. The molecule has 0 heterocycles. The molecule has 0 radical (unpaired) electrons. The SMILES string of the molecule is C[C@H](O)[C@H](O)C[C@@H](N)C(=O)O. The highest BCUT2D eigenvalue weighted by molar-refractivity contribution is 5.73. The molecule has 0 aliphatic rings. The van der Waals surface area contributed by atoms with Crippen LogP contribution in [0.4, 0.5) is 0 Å². The molecule has 66 valence electrons. The molecule has 3 atom stereocenters. The quantitative estimate of drug-likeness (QED) is 0.405. The second-order valence-corrected chi connectivity index (χ2v) is 2.49. The monoisotopic (exact) mass is 163 g/mol. The number of carboxylic acids is 1. The van der Waals surface area contributed by atoms with Crippen molar-refractivity contribution in [2.75, 3.05) is 0 Å². The molecule has 0 spiro atoms. The highest BCUT2D eigenvalue weighted by Gasteiger charge is 2.19. The van der Waals surface area contributed by atoms with Gasteiger partial charge in [0.1, 0.15) is 6.04 Å². The predicted octanol–water partition coefficient (Wildman–Crippen LogP) is -1.47. The van der Waals surface area contributed by atoms with Crippen molar-refractivity contribution in [3.8, 4) is 0 Å². The Morgan fingerprint density at radius 3 is 2.27 bits per heavy atom. The fraction of sp³-hybridized carbons (Fsp3) is 0.833. The molecule has 5 N–H and O–H groups in total. The zero-order chi connectivity index (χ0) is 9.02. The van der Waals surface area contributed by atoms with Gasteiger partial charge in [0.15, 0.2) is 0 Å². The van der Waals surface area contributed by atoms with Crippen LogP contribution in [0.2, 0.25) is 0 Å². The Labute approximate surface area is 64.4 Å². The molecule has 0 fully saturated rings. The average molecular weight is 163 g/mol. The smallest absolute Gasteiger partial charge is 0.320 e. The third kappa shape index (κ3) is 3.92. The standard InChI is InChI=1S/C6H13NO4/c1-3(8)5(9)2-4(7)6(10)11/h3-5,8-9H,2,7H2,1H3,(H,10,11)/t3-,4+,5+/m0/s1. The number of aliphatic carboxylic acids is 1. The molecule has 0 aromatic carbocycles. The van der Waals surface area contributed by atoms with Crippen LogP contribution < -0.4 is 5.73 Å². The lowest BCUT2D eigenvalue weighted by atomic mass is 10.1. The second-order valence-electron chi connectivity index (χ2n) is 2.49. The highest BCUT2D eigenvalue weighted by atomic mass is 16.4. The predicted molar refractivity (Wildman–Crippen MR) is 37.9 cm³/mol. The molecule has 0 amide bonds. The van der Waals surface area contributed by atoms with Gasteiger partial charge in [-0.1, -0.05) is 0 Å². The van der Waals surface area contributed by atoms with Gasteiger partial charge in [-0.2, -0.15) is 0 Å². The summed E-state index contributed by atoms with van der Waals surface area (Å²) >= 11 is 0. The molecule has 0 saturated carbocycles. The third-order valence-electron chi connectivity index (χ3n) is 1.37. The van der Waals surface area contributed by atoms with Crippen molar-refractivity contribution in [1.29, 1.82) is 0 Å². The Morgan fingerprint density at radius 1 is 1.55 bits per heavy atom. The van der Waals surface area contributed by atoms with E-state index in [1.54, 1.807) is 0 Å². The van der Waals surface area contributed by atoms with Crippen LogP contribution in [0.3, 0.4) is 0 Å². The molecule has 5 heteroatoms. The summed E-state index contributed by atoms with van der Waals surface area (Å²) in [5.41, 5.74) is 5.08. The summed E-state index contributed by atoms with van der Waals surface area (Å²) in [5.74, 6) is -1.18. The molecular formula is C6H13NO4. The molecule has 0 aromatic rings. The Balaban J connectivity index is 3.75. The molecule has 5 nitrogen and oxygen atoms in total. The van der Waals surface area contributed by atoms with Crippen LogP contribution in [-0.4, -0.2) is 39.5 Å². The van der Waals surface area contributed by atoms with Gasteiger partial charge >= 0.3 is 5.97 Å². The number of aliphatic hydroxyl groups is 2. The molecule has 0 aromatic heterocycles. The summed E-state index contributed by atoms with van der Waals surface area (Å²) in [5, 5.41) is 26.0. The average Bonchev–Trinajstić information content (AvgIpc) is 1.87. The van der Waals surface area contributed by atoms with E-state index in [0.717, 1.165) is 0 Å². The van der Waals surface area contributed by atoms with Gasteiger partial charge in [0.05, 0.1) is 12.2 Å². The van der Waals surface area contributed by atoms with Crippen LogP contribution >= 0.6 is 0 Å². The normalized spacial score (nSPS) is 18.9.